The van der Waals surface area contributed by atoms with Crippen LogP contribution in [0.4, 0.5) is 11.4 Å². The zero-order chi connectivity index (χ0) is 14.7. The van der Waals surface area contributed by atoms with Gasteiger partial charge in [-0.3, -0.25) is 10.6 Å². The molecule has 0 aliphatic rings. The summed E-state index contributed by atoms with van der Waals surface area (Å²) >= 11 is 0. The van der Waals surface area contributed by atoms with Gasteiger partial charge < -0.3 is 10.7 Å². The number of nitrogen functional groups attached to an aromatic ring is 1. The highest BCUT2D eigenvalue weighted by Gasteiger charge is 2.12. The largest absolute Gasteiger partial charge is 0.323 e. The molecule has 0 unspecified atom stereocenters. The Bertz CT molecular complexity index is 650. The summed E-state index contributed by atoms with van der Waals surface area (Å²) in [5, 5.41) is 2.93. The molecule has 0 fully saturated rings. The van der Waals surface area contributed by atoms with E-state index in [-0.39, 0.29) is 5.91 Å². The van der Waals surface area contributed by atoms with Crippen molar-refractivity contribution in [3.8, 4) is 0 Å². The molecule has 1 amide bonds. The highest BCUT2D eigenvalue weighted by Crippen LogP contribution is 2.21. The van der Waals surface area contributed by atoms with Crippen molar-refractivity contribution < 1.29 is 4.79 Å². The van der Waals surface area contributed by atoms with Crippen LogP contribution in [0.3, 0.4) is 0 Å². The first kappa shape index (κ1) is 14.1. The van der Waals surface area contributed by atoms with Crippen LogP contribution in [0.25, 0.3) is 0 Å². The predicted molar refractivity (Wildman–Crippen MR) is 82.9 cm³/mol. The third-order valence-corrected chi connectivity index (χ3v) is 3.43. The summed E-state index contributed by atoms with van der Waals surface area (Å²) in [5.74, 6) is 5.28. The lowest BCUT2D eigenvalue weighted by atomic mass is 10.1. The Morgan fingerprint density at radius 3 is 2.50 bits per heavy atom. The Labute approximate surface area is 119 Å². The van der Waals surface area contributed by atoms with Crippen molar-refractivity contribution in [2.75, 3.05) is 10.7 Å². The van der Waals surface area contributed by atoms with Gasteiger partial charge in [-0.05, 0) is 50.1 Å². The zero-order valence-corrected chi connectivity index (χ0v) is 11.9. The van der Waals surface area contributed by atoms with Gasteiger partial charge in [0.15, 0.2) is 0 Å². The Morgan fingerprint density at radius 1 is 1.05 bits per heavy atom. The van der Waals surface area contributed by atoms with Gasteiger partial charge in [-0.1, -0.05) is 23.8 Å². The van der Waals surface area contributed by atoms with Gasteiger partial charge in [0, 0.05) is 5.69 Å². The molecule has 4 N–H and O–H groups in total. The summed E-state index contributed by atoms with van der Waals surface area (Å²) in [6.45, 7) is 5.95. The maximum Gasteiger partial charge on any atom is 0.257 e. The van der Waals surface area contributed by atoms with Gasteiger partial charge in [-0.2, -0.15) is 0 Å². The Kier molecular flexibility index (Phi) is 4.05. The second kappa shape index (κ2) is 5.75. The minimum atomic E-state index is -0.171. The fourth-order valence-electron chi connectivity index (χ4n) is 2.05. The average molecular weight is 269 g/mol. The summed E-state index contributed by atoms with van der Waals surface area (Å²) in [6, 6.07) is 11.4. The number of nitrogens with two attached hydrogens (primary N) is 1. The molecule has 0 saturated heterocycles. The number of amides is 1. The number of benzene rings is 2. The summed E-state index contributed by atoms with van der Waals surface area (Å²) in [5.41, 5.74) is 7.74. The van der Waals surface area contributed by atoms with Crippen LogP contribution in [0.5, 0.6) is 0 Å². The van der Waals surface area contributed by atoms with Gasteiger partial charge in [0.1, 0.15) is 0 Å². The van der Waals surface area contributed by atoms with E-state index in [0.29, 0.717) is 11.3 Å². The first-order chi connectivity index (χ1) is 9.52. The van der Waals surface area contributed by atoms with Crippen LogP contribution >= 0.6 is 0 Å². The van der Waals surface area contributed by atoms with Gasteiger partial charge in [0.2, 0.25) is 0 Å². The van der Waals surface area contributed by atoms with E-state index in [1.54, 1.807) is 6.07 Å². The zero-order valence-electron chi connectivity index (χ0n) is 11.9. The number of anilines is 2. The molecule has 4 nitrogen and oxygen atoms in total. The third kappa shape index (κ3) is 2.81. The van der Waals surface area contributed by atoms with E-state index < -0.39 is 0 Å². The fourth-order valence-corrected chi connectivity index (χ4v) is 2.05. The standard InChI is InChI=1S/C16H19N3O/c1-10-7-8-15(19-17)13(9-10)16(20)18-14-6-4-5-11(2)12(14)3/h4-9,19H,17H2,1-3H3,(H,18,20). The molecule has 2 aromatic rings. The van der Waals surface area contributed by atoms with Crippen molar-refractivity contribution in [3.63, 3.8) is 0 Å². The molecule has 0 saturated carbocycles. The predicted octanol–water partition coefficient (Wildman–Crippen LogP) is 3.15. The molecule has 0 atom stereocenters. The number of hydrazine groups is 1. The summed E-state index contributed by atoms with van der Waals surface area (Å²) in [6.07, 6.45) is 0. The first-order valence-corrected chi connectivity index (χ1v) is 6.47. The lowest BCUT2D eigenvalue weighted by molar-refractivity contribution is 0.102. The van der Waals surface area contributed by atoms with Crippen molar-refractivity contribution in [1.29, 1.82) is 0 Å². The van der Waals surface area contributed by atoms with Gasteiger partial charge in [-0.25, -0.2) is 0 Å². The van der Waals surface area contributed by atoms with Gasteiger partial charge in [0.05, 0.1) is 11.3 Å². The Balaban J connectivity index is 2.33. The van der Waals surface area contributed by atoms with Crippen LogP contribution in [-0.2, 0) is 0 Å². The number of aryl methyl sites for hydroxylation is 2. The second-order valence-corrected chi connectivity index (χ2v) is 4.89. The first-order valence-electron chi connectivity index (χ1n) is 6.47. The number of hydrogen-bond acceptors (Lipinski definition) is 3. The molecule has 0 aromatic heterocycles. The molecule has 2 aromatic carbocycles. The van der Waals surface area contributed by atoms with Crippen LogP contribution in [-0.4, -0.2) is 5.91 Å². The fraction of sp³-hybridized carbons (Fsp3) is 0.188. The number of hydrogen-bond donors (Lipinski definition) is 3. The van der Waals surface area contributed by atoms with Crippen molar-refractivity contribution in [2.24, 2.45) is 5.84 Å². The number of carbonyl (C=O) groups is 1. The molecule has 0 aliphatic carbocycles. The van der Waals surface area contributed by atoms with Crippen molar-refractivity contribution in [3.05, 3.63) is 58.7 Å². The molecule has 0 heterocycles. The van der Waals surface area contributed by atoms with Crippen molar-refractivity contribution in [1.82, 2.24) is 0 Å². The highest BCUT2D eigenvalue weighted by atomic mass is 16.1. The molecule has 104 valence electrons. The molecule has 0 radical (unpaired) electrons. The van der Waals surface area contributed by atoms with Gasteiger partial charge in [-0.15, -0.1) is 0 Å². The number of nitrogens with one attached hydrogen (secondary N) is 2. The molecule has 0 bridgehead atoms. The van der Waals surface area contributed by atoms with Crippen LogP contribution < -0.4 is 16.6 Å². The molecule has 0 aliphatic heterocycles. The summed E-state index contributed by atoms with van der Waals surface area (Å²) in [7, 11) is 0. The van der Waals surface area contributed by atoms with Crippen LogP contribution in [0, 0.1) is 20.8 Å². The molecular weight excluding hydrogens is 250 g/mol. The van der Waals surface area contributed by atoms with Crippen LogP contribution in [0.15, 0.2) is 36.4 Å². The summed E-state index contributed by atoms with van der Waals surface area (Å²) in [4.78, 5) is 12.4. The normalized spacial score (nSPS) is 10.2. The SMILES string of the molecule is Cc1ccc(NN)c(C(=O)Nc2cccc(C)c2C)c1. The quantitative estimate of drug-likeness (QED) is 0.592. The lowest BCUT2D eigenvalue weighted by Gasteiger charge is -2.13. The van der Waals surface area contributed by atoms with E-state index in [0.717, 1.165) is 22.4 Å². The Morgan fingerprint density at radius 2 is 1.80 bits per heavy atom. The minimum absolute atomic E-state index is 0.171. The molecule has 20 heavy (non-hydrogen) atoms. The molecular formula is C16H19N3O. The number of rotatable bonds is 3. The van der Waals surface area contributed by atoms with E-state index in [1.807, 2.05) is 51.1 Å². The highest BCUT2D eigenvalue weighted by molar-refractivity contribution is 6.08. The lowest BCUT2D eigenvalue weighted by Crippen LogP contribution is -2.18. The van der Waals surface area contributed by atoms with E-state index >= 15 is 0 Å². The monoisotopic (exact) mass is 269 g/mol. The third-order valence-electron chi connectivity index (χ3n) is 3.43. The minimum Gasteiger partial charge on any atom is -0.323 e. The van der Waals surface area contributed by atoms with E-state index in [1.165, 1.54) is 0 Å². The van der Waals surface area contributed by atoms with Crippen LogP contribution in [0.2, 0.25) is 0 Å². The maximum atomic E-state index is 12.4. The number of carbonyl (C=O) groups excluding carboxylic acids is 1. The maximum absolute atomic E-state index is 12.4. The van der Waals surface area contributed by atoms with Crippen LogP contribution in [0.1, 0.15) is 27.0 Å². The average Bonchev–Trinajstić information content (AvgIpc) is 2.43. The van der Waals surface area contributed by atoms with E-state index in [4.69, 9.17) is 5.84 Å². The van der Waals surface area contributed by atoms with Gasteiger partial charge >= 0.3 is 0 Å². The van der Waals surface area contributed by atoms with Gasteiger partial charge in [0.25, 0.3) is 5.91 Å². The Hall–Kier alpha value is -2.33. The van der Waals surface area contributed by atoms with E-state index in [9.17, 15) is 4.79 Å². The summed E-state index contributed by atoms with van der Waals surface area (Å²) < 4.78 is 0. The molecule has 0 spiro atoms. The smallest absolute Gasteiger partial charge is 0.257 e. The topological polar surface area (TPSA) is 67.1 Å². The van der Waals surface area contributed by atoms with Crippen molar-refractivity contribution >= 4 is 17.3 Å². The molecule has 4 heteroatoms. The second-order valence-electron chi connectivity index (χ2n) is 4.89. The van der Waals surface area contributed by atoms with Crippen molar-refractivity contribution in [2.45, 2.75) is 20.8 Å². The molecule has 2 rings (SSSR count). The van der Waals surface area contributed by atoms with E-state index in [2.05, 4.69) is 10.7 Å².